The second-order valence-corrected chi connectivity index (χ2v) is 3.04. The number of rotatable bonds is 2. The van der Waals surface area contributed by atoms with E-state index in [0.29, 0.717) is 23.1 Å². The summed E-state index contributed by atoms with van der Waals surface area (Å²) < 4.78 is 0.405. The van der Waals surface area contributed by atoms with Crippen LogP contribution in [-0.4, -0.2) is 16.5 Å². The van der Waals surface area contributed by atoms with E-state index in [1.54, 1.807) is 0 Å². The number of hydrogen-bond donors (Lipinski definition) is 3. The van der Waals surface area contributed by atoms with Gasteiger partial charge in [0.25, 0.3) is 5.56 Å². The third-order valence-corrected chi connectivity index (χ3v) is 2.15. The summed E-state index contributed by atoms with van der Waals surface area (Å²) in [6.07, 6.45) is 0.536. The maximum atomic E-state index is 11.1. The maximum Gasteiger partial charge on any atom is 0.266 e. The van der Waals surface area contributed by atoms with Crippen LogP contribution in [-0.2, 0) is 6.42 Å². The highest BCUT2D eigenvalue weighted by atomic mass is 79.9. The number of halogens is 1. The molecule has 0 fully saturated rings. The zero-order valence-corrected chi connectivity index (χ0v) is 7.89. The van der Waals surface area contributed by atoms with Crippen molar-refractivity contribution in [2.45, 2.75) is 6.42 Å². The van der Waals surface area contributed by atoms with E-state index in [4.69, 9.17) is 11.5 Å². The average Bonchev–Trinajstić information content (AvgIpc) is 2.00. The van der Waals surface area contributed by atoms with Gasteiger partial charge in [-0.05, 0) is 22.5 Å². The molecule has 5 nitrogen and oxygen atoms in total. The third kappa shape index (κ3) is 1.83. The molecule has 0 atom stereocenters. The number of nitrogens with one attached hydrogen (secondary N) is 1. The van der Waals surface area contributed by atoms with E-state index in [1.165, 1.54) is 0 Å². The van der Waals surface area contributed by atoms with Crippen LogP contribution in [0.15, 0.2) is 9.27 Å². The monoisotopic (exact) mass is 232 g/mol. The number of hydrogen-bond acceptors (Lipinski definition) is 4. The van der Waals surface area contributed by atoms with Crippen molar-refractivity contribution < 1.29 is 0 Å². The standard InChI is InChI=1S/C6H9BrN4O/c7-4-3(1-2-8)10-6(9)11-5(4)12/h1-2,8H2,(H3,9,10,11,12). The lowest BCUT2D eigenvalue weighted by molar-refractivity contribution is 0.897. The van der Waals surface area contributed by atoms with Crippen molar-refractivity contribution in [2.24, 2.45) is 5.73 Å². The summed E-state index contributed by atoms with van der Waals surface area (Å²) in [6.45, 7) is 0.439. The quantitative estimate of drug-likeness (QED) is 0.648. The van der Waals surface area contributed by atoms with Crippen molar-refractivity contribution >= 4 is 21.9 Å². The molecule has 0 spiro atoms. The lowest BCUT2D eigenvalue weighted by Gasteiger charge is -2.01. The molecule has 0 radical (unpaired) electrons. The van der Waals surface area contributed by atoms with Gasteiger partial charge >= 0.3 is 0 Å². The van der Waals surface area contributed by atoms with E-state index in [0.717, 1.165) is 0 Å². The van der Waals surface area contributed by atoms with Crippen LogP contribution >= 0.6 is 15.9 Å². The van der Waals surface area contributed by atoms with Gasteiger partial charge in [-0.1, -0.05) is 0 Å². The molecule has 6 heteroatoms. The van der Waals surface area contributed by atoms with Crippen LogP contribution in [0, 0.1) is 0 Å². The Hall–Kier alpha value is -0.880. The summed E-state index contributed by atoms with van der Waals surface area (Å²) in [5.41, 5.74) is 11.0. The van der Waals surface area contributed by atoms with Crippen LogP contribution in [0.1, 0.15) is 5.69 Å². The van der Waals surface area contributed by atoms with Crippen molar-refractivity contribution in [3.05, 3.63) is 20.5 Å². The van der Waals surface area contributed by atoms with Gasteiger partial charge in [-0.25, -0.2) is 4.98 Å². The molecule has 0 saturated carbocycles. The topological polar surface area (TPSA) is 97.8 Å². The second-order valence-electron chi connectivity index (χ2n) is 2.25. The Kier molecular flexibility index (Phi) is 2.83. The fraction of sp³-hybridized carbons (Fsp3) is 0.333. The van der Waals surface area contributed by atoms with Gasteiger partial charge in [-0.3, -0.25) is 9.78 Å². The predicted molar refractivity (Wildman–Crippen MR) is 49.7 cm³/mol. The summed E-state index contributed by atoms with van der Waals surface area (Å²) in [5.74, 6) is 0.117. The Balaban J connectivity index is 3.18. The minimum absolute atomic E-state index is 0.117. The van der Waals surface area contributed by atoms with Gasteiger partial charge in [0.05, 0.1) is 5.69 Å². The molecule has 0 amide bonds. The number of nitrogens with zero attached hydrogens (tertiary/aromatic N) is 1. The van der Waals surface area contributed by atoms with Crippen LogP contribution in [0.3, 0.4) is 0 Å². The molecular weight excluding hydrogens is 224 g/mol. The Morgan fingerprint density at radius 1 is 1.58 bits per heavy atom. The molecule has 0 aliphatic heterocycles. The minimum Gasteiger partial charge on any atom is -0.369 e. The highest BCUT2D eigenvalue weighted by Gasteiger charge is 2.05. The van der Waals surface area contributed by atoms with Crippen molar-refractivity contribution in [1.82, 2.24) is 9.97 Å². The predicted octanol–water partition coefficient (Wildman–Crippen LogP) is -0.384. The largest absolute Gasteiger partial charge is 0.369 e. The summed E-state index contributed by atoms with van der Waals surface area (Å²) in [5, 5.41) is 0. The molecule has 1 rings (SSSR count). The number of aromatic amines is 1. The zero-order chi connectivity index (χ0) is 9.14. The van der Waals surface area contributed by atoms with Crippen LogP contribution in [0.5, 0.6) is 0 Å². The molecule has 0 aromatic carbocycles. The Bertz CT molecular complexity index is 335. The highest BCUT2D eigenvalue weighted by molar-refractivity contribution is 9.10. The van der Waals surface area contributed by atoms with Gasteiger partial charge in [0.2, 0.25) is 5.95 Å². The first-order valence-electron chi connectivity index (χ1n) is 3.39. The molecule has 66 valence electrons. The number of H-pyrrole nitrogens is 1. The summed E-state index contributed by atoms with van der Waals surface area (Å²) >= 11 is 3.10. The fourth-order valence-corrected chi connectivity index (χ4v) is 1.21. The maximum absolute atomic E-state index is 11.1. The van der Waals surface area contributed by atoms with Gasteiger partial charge in [0.15, 0.2) is 0 Å². The summed E-state index contributed by atoms with van der Waals surface area (Å²) in [6, 6.07) is 0. The number of nitrogens with two attached hydrogens (primary N) is 2. The van der Waals surface area contributed by atoms with Gasteiger partial charge in [-0.15, -0.1) is 0 Å². The first-order valence-corrected chi connectivity index (χ1v) is 4.18. The molecule has 5 N–H and O–H groups in total. The molecule has 1 aromatic heterocycles. The van der Waals surface area contributed by atoms with Crippen LogP contribution in [0.25, 0.3) is 0 Å². The van der Waals surface area contributed by atoms with Crippen LogP contribution < -0.4 is 17.0 Å². The number of aromatic nitrogens is 2. The van der Waals surface area contributed by atoms with E-state index in [9.17, 15) is 4.79 Å². The normalized spacial score (nSPS) is 10.2. The van der Waals surface area contributed by atoms with Gasteiger partial charge in [0.1, 0.15) is 4.47 Å². The lowest BCUT2D eigenvalue weighted by atomic mass is 10.3. The molecule has 0 bridgehead atoms. The molecular formula is C6H9BrN4O. The molecule has 12 heavy (non-hydrogen) atoms. The zero-order valence-electron chi connectivity index (χ0n) is 6.30. The number of anilines is 1. The summed E-state index contributed by atoms with van der Waals surface area (Å²) in [4.78, 5) is 17.4. The van der Waals surface area contributed by atoms with Gasteiger partial charge < -0.3 is 11.5 Å². The van der Waals surface area contributed by atoms with Crippen molar-refractivity contribution in [3.8, 4) is 0 Å². The molecule has 0 aliphatic rings. The highest BCUT2D eigenvalue weighted by Crippen LogP contribution is 2.09. The molecule has 1 aromatic rings. The lowest BCUT2D eigenvalue weighted by Crippen LogP contribution is -2.17. The number of nitrogen functional groups attached to an aromatic ring is 1. The molecule has 1 heterocycles. The van der Waals surface area contributed by atoms with E-state index in [-0.39, 0.29) is 11.5 Å². The van der Waals surface area contributed by atoms with Crippen molar-refractivity contribution in [1.29, 1.82) is 0 Å². The van der Waals surface area contributed by atoms with Gasteiger partial charge in [0, 0.05) is 6.42 Å². The molecule has 0 aliphatic carbocycles. The average molecular weight is 233 g/mol. The van der Waals surface area contributed by atoms with Gasteiger partial charge in [-0.2, -0.15) is 0 Å². The van der Waals surface area contributed by atoms with E-state index in [2.05, 4.69) is 25.9 Å². The van der Waals surface area contributed by atoms with Crippen LogP contribution in [0.2, 0.25) is 0 Å². The smallest absolute Gasteiger partial charge is 0.266 e. The SMILES string of the molecule is NCCc1nc(N)[nH]c(=O)c1Br. The molecule has 0 unspecified atom stereocenters. The first-order chi connectivity index (χ1) is 5.65. The van der Waals surface area contributed by atoms with E-state index < -0.39 is 0 Å². The Morgan fingerprint density at radius 2 is 2.25 bits per heavy atom. The Labute approximate surface area is 77.3 Å². The summed E-state index contributed by atoms with van der Waals surface area (Å²) in [7, 11) is 0. The van der Waals surface area contributed by atoms with Crippen molar-refractivity contribution in [2.75, 3.05) is 12.3 Å². The second kappa shape index (κ2) is 3.68. The minimum atomic E-state index is -0.272. The fourth-order valence-electron chi connectivity index (χ4n) is 0.827. The van der Waals surface area contributed by atoms with Crippen molar-refractivity contribution in [3.63, 3.8) is 0 Å². The van der Waals surface area contributed by atoms with E-state index >= 15 is 0 Å². The third-order valence-electron chi connectivity index (χ3n) is 1.33. The van der Waals surface area contributed by atoms with E-state index in [1.807, 2.05) is 0 Å². The Morgan fingerprint density at radius 3 is 2.83 bits per heavy atom. The molecule has 0 saturated heterocycles. The van der Waals surface area contributed by atoms with Crippen LogP contribution in [0.4, 0.5) is 5.95 Å². The first kappa shape index (κ1) is 9.21.